The molecule has 4 nitrogen and oxygen atoms in total. The van der Waals surface area contributed by atoms with Gasteiger partial charge in [-0.2, -0.15) is 0 Å². The third-order valence-corrected chi connectivity index (χ3v) is 4.98. The molecule has 0 radical (unpaired) electrons. The molecule has 0 unspecified atom stereocenters. The molecule has 4 heteroatoms. The van der Waals surface area contributed by atoms with Gasteiger partial charge >= 0.3 is 5.97 Å². The first kappa shape index (κ1) is 17.5. The van der Waals surface area contributed by atoms with Crippen molar-refractivity contribution >= 4 is 11.8 Å². The average Bonchev–Trinajstić information content (AvgIpc) is 3.34. The van der Waals surface area contributed by atoms with Crippen LogP contribution >= 0.6 is 0 Å². The van der Waals surface area contributed by atoms with Crippen molar-refractivity contribution in [3.63, 3.8) is 0 Å². The third kappa shape index (κ3) is 3.84. The number of benzene rings is 1. The molecule has 0 bridgehead atoms. The molecule has 0 saturated heterocycles. The van der Waals surface area contributed by atoms with Gasteiger partial charge in [0.15, 0.2) is 6.61 Å². The second-order valence-corrected chi connectivity index (χ2v) is 7.07. The lowest BCUT2D eigenvalue weighted by Crippen LogP contribution is -2.16. The highest BCUT2D eigenvalue weighted by molar-refractivity contribution is 5.99. The quantitative estimate of drug-likeness (QED) is 0.590. The second kappa shape index (κ2) is 6.87. The fourth-order valence-corrected chi connectivity index (χ4v) is 3.31. The number of carbonyl (C=O) groups is 2. The van der Waals surface area contributed by atoms with Crippen LogP contribution in [0.25, 0.3) is 0 Å². The number of rotatable bonds is 6. The number of hydrogen-bond donors (Lipinski definition) is 0. The van der Waals surface area contributed by atoms with Crippen molar-refractivity contribution in [3.05, 3.63) is 57.9 Å². The summed E-state index contributed by atoms with van der Waals surface area (Å²) < 4.78 is 7.44. The number of ketones is 1. The van der Waals surface area contributed by atoms with Gasteiger partial charge in [-0.05, 0) is 63.3 Å². The van der Waals surface area contributed by atoms with Crippen LogP contribution in [0.2, 0.25) is 0 Å². The maximum atomic E-state index is 12.4. The molecule has 1 heterocycles. The zero-order valence-electron chi connectivity index (χ0n) is 15.4. The standard InChI is InChI=1S/C21H25NO3/c1-13-5-6-17(9-14(13)2)11-21(24)25-12-20(23)19-10-15(3)22(16(19)4)18-7-8-18/h5-6,9-10,18H,7-8,11-12H2,1-4H3. The van der Waals surface area contributed by atoms with Gasteiger partial charge in [0.1, 0.15) is 0 Å². The van der Waals surface area contributed by atoms with Crippen molar-refractivity contribution in [1.82, 2.24) is 4.57 Å². The van der Waals surface area contributed by atoms with Gasteiger partial charge in [-0.1, -0.05) is 18.2 Å². The summed E-state index contributed by atoms with van der Waals surface area (Å²) in [7, 11) is 0. The van der Waals surface area contributed by atoms with Gasteiger partial charge in [-0.3, -0.25) is 9.59 Å². The molecule has 1 aliphatic rings. The van der Waals surface area contributed by atoms with Crippen molar-refractivity contribution in [3.8, 4) is 0 Å². The maximum Gasteiger partial charge on any atom is 0.310 e. The van der Waals surface area contributed by atoms with Crippen LogP contribution in [-0.2, 0) is 16.0 Å². The lowest BCUT2D eigenvalue weighted by Gasteiger charge is -2.08. The maximum absolute atomic E-state index is 12.4. The number of Topliss-reactive ketones (excluding diaryl/α,β-unsaturated/α-hetero) is 1. The smallest absolute Gasteiger partial charge is 0.310 e. The number of aryl methyl sites for hydroxylation is 3. The van der Waals surface area contributed by atoms with Crippen LogP contribution in [0, 0.1) is 27.7 Å². The van der Waals surface area contributed by atoms with Crippen LogP contribution in [0.5, 0.6) is 0 Å². The van der Waals surface area contributed by atoms with Crippen LogP contribution < -0.4 is 0 Å². The number of carbonyl (C=O) groups excluding carboxylic acids is 2. The Hall–Kier alpha value is -2.36. The van der Waals surface area contributed by atoms with Crippen LogP contribution in [0.1, 0.15) is 57.3 Å². The van der Waals surface area contributed by atoms with E-state index in [0.717, 1.165) is 22.5 Å². The first-order valence-corrected chi connectivity index (χ1v) is 8.80. The van der Waals surface area contributed by atoms with Gasteiger partial charge < -0.3 is 9.30 Å². The number of hydrogen-bond acceptors (Lipinski definition) is 3. The van der Waals surface area contributed by atoms with Crippen LogP contribution in [0.4, 0.5) is 0 Å². The molecule has 0 amide bonds. The van der Waals surface area contributed by atoms with Crippen LogP contribution in [0.3, 0.4) is 0 Å². The zero-order valence-corrected chi connectivity index (χ0v) is 15.4. The van der Waals surface area contributed by atoms with Crippen molar-refractivity contribution < 1.29 is 14.3 Å². The van der Waals surface area contributed by atoms with Gasteiger partial charge in [0.05, 0.1) is 6.42 Å². The van der Waals surface area contributed by atoms with E-state index in [2.05, 4.69) is 4.57 Å². The topological polar surface area (TPSA) is 48.3 Å². The number of esters is 1. The van der Waals surface area contributed by atoms with Gasteiger partial charge in [-0.15, -0.1) is 0 Å². The predicted octanol–water partition coefficient (Wildman–Crippen LogP) is 4.03. The minimum atomic E-state index is -0.368. The Morgan fingerprint density at radius 2 is 1.80 bits per heavy atom. The average molecular weight is 339 g/mol. The molecule has 0 aliphatic heterocycles. The van der Waals surface area contributed by atoms with E-state index in [-0.39, 0.29) is 24.8 Å². The Labute approximate surface area is 148 Å². The molecule has 0 N–H and O–H groups in total. The molecule has 1 aromatic heterocycles. The molecule has 132 valence electrons. The first-order chi connectivity index (χ1) is 11.9. The van der Waals surface area contributed by atoms with Crippen LogP contribution in [0.15, 0.2) is 24.3 Å². The summed E-state index contributed by atoms with van der Waals surface area (Å²) in [6, 6.07) is 8.35. The minimum Gasteiger partial charge on any atom is -0.457 e. The van der Waals surface area contributed by atoms with Gasteiger partial charge in [0.25, 0.3) is 0 Å². The second-order valence-electron chi connectivity index (χ2n) is 7.07. The zero-order chi connectivity index (χ0) is 18.1. The summed E-state index contributed by atoms with van der Waals surface area (Å²) in [6.07, 6.45) is 2.54. The minimum absolute atomic E-state index is 0.131. The number of ether oxygens (including phenoxy) is 1. The Morgan fingerprint density at radius 1 is 1.08 bits per heavy atom. The summed E-state index contributed by atoms with van der Waals surface area (Å²) >= 11 is 0. The SMILES string of the molecule is Cc1ccc(CC(=O)OCC(=O)c2cc(C)n(C3CC3)c2C)cc1C. The van der Waals surface area contributed by atoms with E-state index in [0.29, 0.717) is 11.6 Å². The molecule has 1 fully saturated rings. The van der Waals surface area contributed by atoms with Gasteiger partial charge in [0.2, 0.25) is 5.78 Å². The Kier molecular flexibility index (Phi) is 4.80. The molecule has 25 heavy (non-hydrogen) atoms. The molecular formula is C21H25NO3. The summed E-state index contributed by atoms with van der Waals surface area (Å²) in [6.45, 7) is 7.85. The molecule has 3 rings (SSSR count). The van der Waals surface area contributed by atoms with Gasteiger partial charge in [0, 0.05) is 23.0 Å². The molecule has 1 saturated carbocycles. The van der Waals surface area contributed by atoms with E-state index in [1.807, 2.05) is 52.0 Å². The van der Waals surface area contributed by atoms with E-state index in [4.69, 9.17) is 4.74 Å². The monoisotopic (exact) mass is 339 g/mol. The number of aromatic nitrogens is 1. The van der Waals surface area contributed by atoms with Crippen LogP contribution in [-0.4, -0.2) is 22.9 Å². The molecule has 0 spiro atoms. The molecule has 1 aliphatic carbocycles. The lowest BCUT2D eigenvalue weighted by atomic mass is 10.0. The molecule has 2 aromatic rings. The summed E-state index contributed by atoms with van der Waals surface area (Å²) in [4.78, 5) is 24.5. The largest absolute Gasteiger partial charge is 0.457 e. The summed E-state index contributed by atoms with van der Waals surface area (Å²) in [5.74, 6) is -0.499. The van der Waals surface area contributed by atoms with Gasteiger partial charge in [-0.25, -0.2) is 0 Å². The van der Waals surface area contributed by atoms with E-state index in [9.17, 15) is 9.59 Å². The predicted molar refractivity (Wildman–Crippen MR) is 97.1 cm³/mol. The molecule has 1 aromatic carbocycles. The fraction of sp³-hybridized carbons (Fsp3) is 0.429. The van der Waals surface area contributed by atoms with Crippen molar-refractivity contribution in [2.75, 3.05) is 6.61 Å². The fourth-order valence-electron chi connectivity index (χ4n) is 3.31. The normalized spacial score (nSPS) is 13.8. The summed E-state index contributed by atoms with van der Waals surface area (Å²) in [5.41, 5.74) is 6.00. The molecular weight excluding hydrogens is 314 g/mol. The Bertz CT molecular complexity index is 828. The Morgan fingerprint density at radius 3 is 2.44 bits per heavy atom. The highest BCUT2D eigenvalue weighted by Gasteiger charge is 2.28. The lowest BCUT2D eigenvalue weighted by molar-refractivity contribution is -0.141. The van der Waals surface area contributed by atoms with E-state index < -0.39 is 0 Å². The Balaban J connectivity index is 1.59. The third-order valence-electron chi connectivity index (χ3n) is 4.98. The van der Waals surface area contributed by atoms with E-state index >= 15 is 0 Å². The van der Waals surface area contributed by atoms with Crippen molar-refractivity contribution in [2.24, 2.45) is 0 Å². The highest BCUT2D eigenvalue weighted by atomic mass is 16.5. The number of nitrogens with zero attached hydrogens (tertiary/aromatic N) is 1. The van der Waals surface area contributed by atoms with Crippen molar-refractivity contribution in [1.29, 1.82) is 0 Å². The molecule has 0 atom stereocenters. The first-order valence-electron chi connectivity index (χ1n) is 8.80. The van der Waals surface area contributed by atoms with Crippen molar-refractivity contribution in [2.45, 2.75) is 53.0 Å². The summed E-state index contributed by atoms with van der Waals surface area (Å²) in [5, 5.41) is 0. The van der Waals surface area contributed by atoms with E-state index in [1.165, 1.54) is 18.4 Å². The highest BCUT2D eigenvalue weighted by Crippen LogP contribution is 2.38. The van der Waals surface area contributed by atoms with E-state index in [1.54, 1.807) is 0 Å².